The molecule has 2 N–H and O–H groups in total. The van der Waals surface area contributed by atoms with Gasteiger partial charge in [-0.05, 0) is 12.8 Å². The Morgan fingerprint density at radius 2 is 0.889 bits per heavy atom. The highest BCUT2D eigenvalue weighted by molar-refractivity contribution is 6.65. The second kappa shape index (κ2) is 13.0. The van der Waals surface area contributed by atoms with E-state index in [1.54, 1.807) is 0 Å². The molecular formula is C12H22Cl2N2O2. The molecule has 0 aromatic carbocycles. The fourth-order valence-corrected chi connectivity index (χ4v) is 1.97. The highest BCUT2D eigenvalue weighted by Gasteiger charge is 1.97. The van der Waals surface area contributed by atoms with Gasteiger partial charge in [0.1, 0.15) is 10.3 Å². The van der Waals surface area contributed by atoms with Crippen LogP contribution in [-0.4, -0.2) is 20.8 Å². The standard InChI is InChI=1S/C12H22Cl2N2O2/c13-11(15-17)9-7-5-3-1-2-4-6-8-10-12(14)16-18/h17-18H,1-10H2/b15-11-,16-12-. The van der Waals surface area contributed by atoms with Crippen LogP contribution in [0.4, 0.5) is 0 Å². The largest absolute Gasteiger partial charge is 0.410 e. The van der Waals surface area contributed by atoms with Crippen LogP contribution in [0, 0.1) is 0 Å². The predicted octanol–water partition coefficient (Wildman–Crippen LogP) is 4.94. The first-order chi connectivity index (χ1) is 8.70. The highest BCUT2D eigenvalue weighted by atomic mass is 35.5. The number of halogens is 2. The maximum Gasteiger partial charge on any atom is 0.145 e. The van der Waals surface area contributed by atoms with Crippen LogP contribution in [0.1, 0.15) is 64.2 Å². The zero-order valence-corrected chi connectivity index (χ0v) is 12.1. The monoisotopic (exact) mass is 296 g/mol. The number of hydrogen-bond acceptors (Lipinski definition) is 4. The minimum Gasteiger partial charge on any atom is -0.410 e. The van der Waals surface area contributed by atoms with Gasteiger partial charge in [0, 0.05) is 12.8 Å². The first-order valence-electron chi connectivity index (χ1n) is 6.43. The van der Waals surface area contributed by atoms with Gasteiger partial charge in [0.05, 0.1) is 0 Å². The van der Waals surface area contributed by atoms with Crippen LogP contribution in [0.15, 0.2) is 10.3 Å². The minimum atomic E-state index is 0.289. The van der Waals surface area contributed by atoms with Gasteiger partial charge in [0.15, 0.2) is 0 Å². The lowest BCUT2D eigenvalue weighted by Crippen LogP contribution is -1.89. The molecule has 0 aliphatic heterocycles. The van der Waals surface area contributed by atoms with Gasteiger partial charge in [-0.25, -0.2) is 0 Å². The van der Waals surface area contributed by atoms with Crippen LogP contribution in [0.5, 0.6) is 0 Å². The van der Waals surface area contributed by atoms with E-state index in [0.29, 0.717) is 12.8 Å². The van der Waals surface area contributed by atoms with Crippen molar-refractivity contribution >= 4 is 33.5 Å². The fraction of sp³-hybridized carbons (Fsp3) is 0.833. The lowest BCUT2D eigenvalue weighted by atomic mass is 10.1. The molecule has 0 bridgehead atoms. The van der Waals surface area contributed by atoms with E-state index in [9.17, 15) is 0 Å². The molecule has 0 saturated carbocycles. The Hall–Kier alpha value is -0.480. The first-order valence-corrected chi connectivity index (χ1v) is 7.19. The van der Waals surface area contributed by atoms with Gasteiger partial charge in [-0.3, -0.25) is 0 Å². The topological polar surface area (TPSA) is 65.2 Å². The molecule has 6 heteroatoms. The zero-order valence-electron chi connectivity index (χ0n) is 10.6. The van der Waals surface area contributed by atoms with Crippen LogP contribution in [0.2, 0.25) is 0 Å². The molecule has 18 heavy (non-hydrogen) atoms. The summed E-state index contributed by atoms with van der Waals surface area (Å²) in [5, 5.41) is 23.1. The summed E-state index contributed by atoms with van der Waals surface area (Å²) < 4.78 is 0. The van der Waals surface area contributed by atoms with Gasteiger partial charge in [-0.1, -0.05) is 72.0 Å². The Morgan fingerprint density at radius 1 is 0.611 bits per heavy atom. The van der Waals surface area contributed by atoms with E-state index in [0.717, 1.165) is 25.7 Å². The van der Waals surface area contributed by atoms with Gasteiger partial charge in [0.2, 0.25) is 0 Å². The summed E-state index contributed by atoms with van der Waals surface area (Å²) in [6.07, 6.45) is 10.3. The second-order valence-electron chi connectivity index (χ2n) is 4.28. The van der Waals surface area contributed by atoms with Crippen molar-refractivity contribution in [3.8, 4) is 0 Å². The minimum absolute atomic E-state index is 0.289. The Balaban J connectivity index is 3.12. The van der Waals surface area contributed by atoms with E-state index in [-0.39, 0.29) is 10.3 Å². The molecule has 0 aromatic heterocycles. The van der Waals surface area contributed by atoms with E-state index >= 15 is 0 Å². The van der Waals surface area contributed by atoms with Gasteiger partial charge in [-0.2, -0.15) is 0 Å². The molecular weight excluding hydrogens is 275 g/mol. The van der Waals surface area contributed by atoms with E-state index in [1.165, 1.54) is 25.7 Å². The fourth-order valence-electron chi connectivity index (χ4n) is 1.70. The van der Waals surface area contributed by atoms with Gasteiger partial charge in [-0.15, -0.1) is 0 Å². The lowest BCUT2D eigenvalue weighted by Gasteiger charge is -2.01. The van der Waals surface area contributed by atoms with Gasteiger partial charge in [0.25, 0.3) is 0 Å². The molecule has 4 nitrogen and oxygen atoms in total. The van der Waals surface area contributed by atoms with Crippen LogP contribution < -0.4 is 0 Å². The highest BCUT2D eigenvalue weighted by Crippen LogP contribution is 2.12. The summed E-state index contributed by atoms with van der Waals surface area (Å²) in [5.41, 5.74) is 0. The molecule has 0 amide bonds. The molecule has 0 saturated heterocycles. The number of rotatable bonds is 11. The van der Waals surface area contributed by atoms with E-state index in [1.807, 2.05) is 0 Å². The summed E-state index contributed by atoms with van der Waals surface area (Å²) in [6.45, 7) is 0. The van der Waals surface area contributed by atoms with Crippen molar-refractivity contribution in [2.45, 2.75) is 64.2 Å². The molecule has 0 heterocycles. The van der Waals surface area contributed by atoms with Crippen molar-refractivity contribution in [3.05, 3.63) is 0 Å². The molecule has 0 fully saturated rings. The SMILES string of the molecule is O/N=C(\Cl)CCCCCCCCCC/C(Cl)=N/O. The molecule has 0 spiro atoms. The van der Waals surface area contributed by atoms with Crippen molar-refractivity contribution in [1.82, 2.24) is 0 Å². The summed E-state index contributed by atoms with van der Waals surface area (Å²) in [5.74, 6) is 0. The summed E-state index contributed by atoms with van der Waals surface area (Å²) >= 11 is 11.1. The van der Waals surface area contributed by atoms with Gasteiger partial charge >= 0.3 is 0 Å². The maximum absolute atomic E-state index is 8.34. The molecule has 0 rings (SSSR count). The Kier molecular flexibility index (Phi) is 12.6. The third kappa shape index (κ3) is 12.0. The van der Waals surface area contributed by atoms with E-state index < -0.39 is 0 Å². The van der Waals surface area contributed by atoms with Crippen molar-refractivity contribution in [1.29, 1.82) is 0 Å². The second-order valence-corrected chi connectivity index (χ2v) is 5.15. The van der Waals surface area contributed by atoms with Crippen molar-refractivity contribution in [3.63, 3.8) is 0 Å². The molecule has 106 valence electrons. The first kappa shape index (κ1) is 17.5. The summed E-state index contributed by atoms with van der Waals surface area (Å²) in [6, 6.07) is 0. The summed E-state index contributed by atoms with van der Waals surface area (Å²) in [7, 11) is 0. The van der Waals surface area contributed by atoms with Crippen molar-refractivity contribution in [2.24, 2.45) is 10.3 Å². The van der Waals surface area contributed by atoms with Crippen LogP contribution in [0.25, 0.3) is 0 Å². The molecule has 0 atom stereocenters. The third-order valence-corrected chi connectivity index (χ3v) is 3.26. The van der Waals surface area contributed by atoms with Crippen molar-refractivity contribution in [2.75, 3.05) is 0 Å². The van der Waals surface area contributed by atoms with Crippen LogP contribution in [0.3, 0.4) is 0 Å². The average molecular weight is 297 g/mol. The lowest BCUT2D eigenvalue weighted by molar-refractivity contribution is 0.318. The predicted molar refractivity (Wildman–Crippen MR) is 76.3 cm³/mol. The summed E-state index contributed by atoms with van der Waals surface area (Å²) in [4.78, 5) is 0. The molecule has 0 radical (unpaired) electrons. The van der Waals surface area contributed by atoms with Crippen LogP contribution in [-0.2, 0) is 0 Å². The third-order valence-electron chi connectivity index (χ3n) is 2.73. The smallest absolute Gasteiger partial charge is 0.145 e. The molecule has 0 aromatic rings. The van der Waals surface area contributed by atoms with E-state index in [2.05, 4.69) is 10.3 Å². The van der Waals surface area contributed by atoms with Gasteiger partial charge < -0.3 is 10.4 Å². The molecule has 0 unspecified atom stereocenters. The van der Waals surface area contributed by atoms with Crippen molar-refractivity contribution < 1.29 is 10.4 Å². The quantitative estimate of drug-likeness (QED) is 0.245. The average Bonchev–Trinajstić information content (AvgIpc) is 2.40. The van der Waals surface area contributed by atoms with Crippen LogP contribution >= 0.6 is 23.2 Å². The normalized spacial score (nSPS) is 13.0. The number of unbranched alkanes of at least 4 members (excludes halogenated alkanes) is 7. The van der Waals surface area contributed by atoms with E-state index in [4.69, 9.17) is 33.6 Å². The Morgan fingerprint density at radius 3 is 1.17 bits per heavy atom. The number of hydrogen-bond donors (Lipinski definition) is 2. The number of nitrogens with zero attached hydrogens (tertiary/aromatic N) is 2. The number of oxime groups is 2. The maximum atomic E-state index is 8.34. The Bertz CT molecular complexity index is 232. The zero-order chi connectivity index (χ0) is 13.6. The molecule has 0 aliphatic rings. The Labute approximate surface area is 119 Å². The molecule has 0 aliphatic carbocycles.